The SMILES string of the molecule is O=c1[nH]cc(C(F)(F)F)c(-c2c(F)cc(C(F)(F)F)cc2Cl)c1Cl. The van der Waals surface area contributed by atoms with Crippen LogP contribution in [0, 0.1) is 5.82 Å². The van der Waals surface area contributed by atoms with Crippen molar-refractivity contribution in [3.05, 3.63) is 55.7 Å². The molecule has 2 nitrogen and oxygen atoms in total. The summed E-state index contributed by atoms with van der Waals surface area (Å²) in [6.07, 6.45) is -9.80. The molecule has 0 fully saturated rings. The molecule has 1 aromatic carbocycles. The van der Waals surface area contributed by atoms with Gasteiger partial charge in [-0.05, 0) is 12.1 Å². The first-order valence-electron chi connectivity index (χ1n) is 5.89. The fourth-order valence-electron chi connectivity index (χ4n) is 1.95. The molecule has 0 amide bonds. The van der Waals surface area contributed by atoms with Gasteiger partial charge in [0.1, 0.15) is 10.8 Å². The van der Waals surface area contributed by atoms with E-state index in [0.717, 1.165) is 0 Å². The number of benzene rings is 1. The standard InChI is InChI=1S/C13H4Cl2F7NO/c14-6-1-4(12(17,18)19)2-7(16)9(6)8-5(13(20,21)22)3-23-11(24)10(8)15/h1-3H,(H,23,24). The lowest BCUT2D eigenvalue weighted by Crippen LogP contribution is -2.16. The van der Waals surface area contributed by atoms with Crippen LogP contribution >= 0.6 is 23.2 Å². The Kier molecular flexibility index (Phi) is 4.62. The Hall–Kier alpha value is -1.74. The van der Waals surface area contributed by atoms with Crippen molar-refractivity contribution < 1.29 is 30.7 Å². The quantitative estimate of drug-likeness (QED) is 0.635. The third-order valence-corrected chi connectivity index (χ3v) is 3.62. The van der Waals surface area contributed by atoms with Crippen LogP contribution in [0.5, 0.6) is 0 Å². The number of rotatable bonds is 1. The van der Waals surface area contributed by atoms with Crippen molar-refractivity contribution in [3.8, 4) is 11.1 Å². The normalized spacial score (nSPS) is 12.5. The number of alkyl halides is 6. The molecule has 24 heavy (non-hydrogen) atoms. The van der Waals surface area contributed by atoms with E-state index >= 15 is 0 Å². The Bertz CT molecular complexity index is 832. The molecular formula is C13H4Cl2F7NO. The predicted octanol–water partition coefficient (Wildman–Crippen LogP) is 5.53. The van der Waals surface area contributed by atoms with Crippen molar-refractivity contribution in [1.29, 1.82) is 0 Å². The molecule has 2 aromatic rings. The molecule has 0 saturated carbocycles. The molecule has 2 rings (SSSR count). The van der Waals surface area contributed by atoms with Gasteiger partial charge in [0.15, 0.2) is 0 Å². The zero-order valence-corrected chi connectivity index (χ0v) is 12.6. The minimum absolute atomic E-state index is 0.0289. The Morgan fingerprint density at radius 3 is 1.96 bits per heavy atom. The molecule has 0 atom stereocenters. The molecule has 130 valence electrons. The average molecular weight is 394 g/mol. The minimum Gasteiger partial charge on any atom is -0.327 e. The summed E-state index contributed by atoms with van der Waals surface area (Å²) in [4.78, 5) is 13.1. The zero-order chi connectivity index (χ0) is 18.4. The maximum Gasteiger partial charge on any atom is 0.418 e. The van der Waals surface area contributed by atoms with E-state index in [-0.39, 0.29) is 18.3 Å². The topological polar surface area (TPSA) is 32.9 Å². The Morgan fingerprint density at radius 1 is 0.917 bits per heavy atom. The largest absolute Gasteiger partial charge is 0.418 e. The van der Waals surface area contributed by atoms with Crippen molar-refractivity contribution in [3.63, 3.8) is 0 Å². The summed E-state index contributed by atoms with van der Waals surface area (Å²) in [7, 11) is 0. The number of aromatic amines is 1. The highest BCUT2D eigenvalue weighted by atomic mass is 35.5. The van der Waals surface area contributed by atoms with E-state index in [0.29, 0.717) is 0 Å². The van der Waals surface area contributed by atoms with Crippen molar-refractivity contribution in [2.75, 3.05) is 0 Å². The van der Waals surface area contributed by atoms with Crippen LogP contribution < -0.4 is 5.56 Å². The van der Waals surface area contributed by atoms with Gasteiger partial charge in [-0.15, -0.1) is 0 Å². The van der Waals surface area contributed by atoms with Gasteiger partial charge in [-0.1, -0.05) is 23.2 Å². The number of hydrogen-bond donors (Lipinski definition) is 1. The summed E-state index contributed by atoms with van der Waals surface area (Å²) in [6.45, 7) is 0. The van der Waals surface area contributed by atoms with Crippen molar-refractivity contribution >= 4 is 23.2 Å². The molecule has 0 radical (unpaired) electrons. The van der Waals surface area contributed by atoms with Crippen molar-refractivity contribution in [1.82, 2.24) is 4.98 Å². The third kappa shape index (κ3) is 3.36. The van der Waals surface area contributed by atoms with Crippen molar-refractivity contribution in [2.24, 2.45) is 0 Å². The van der Waals surface area contributed by atoms with Crippen LogP contribution in [0.2, 0.25) is 10.0 Å². The Labute approximate surface area is 138 Å². The molecule has 0 unspecified atom stereocenters. The number of hydrogen-bond acceptors (Lipinski definition) is 1. The summed E-state index contributed by atoms with van der Waals surface area (Å²) in [5.41, 5.74) is -6.41. The highest BCUT2D eigenvalue weighted by molar-refractivity contribution is 6.36. The molecule has 0 saturated heterocycles. The van der Waals surface area contributed by atoms with Gasteiger partial charge in [0.2, 0.25) is 0 Å². The summed E-state index contributed by atoms with van der Waals surface area (Å²) in [6, 6.07) is 0.219. The molecular weight excluding hydrogens is 390 g/mol. The third-order valence-electron chi connectivity index (χ3n) is 2.96. The molecule has 1 aromatic heterocycles. The van der Waals surface area contributed by atoms with Crippen LogP contribution in [0.15, 0.2) is 23.1 Å². The second-order valence-electron chi connectivity index (χ2n) is 4.53. The molecule has 0 spiro atoms. The lowest BCUT2D eigenvalue weighted by atomic mass is 9.99. The number of halogens is 9. The average Bonchev–Trinajstić information content (AvgIpc) is 2.40. The van der Waals surface area contributed by atoms with Gasteiger partial charge in [0.05, 0.1) is 16.1 Å². The Balaban J connectivity index is 2.88. The first-order chi connectivity index (χ1) is 10.8. The Morgan fingerprint density at radius 2 is 1.50 bits per heavy atom. The summed E-state index contributed by atoms with van der Waals surface area (Å²) in [5.74, 6) is -1.70. The molecule has 0 aliphatic heterocycles. The van der Waals surface area contributed by atoms with E-state index < -0.39 is 56.0 Å². The van der Waals surface area contributed by atoms with E-state index in [1.54, 1.807) is 4.98 Å². The van der Waals surface area contributed by atoms with Gasteiger partial charge in [0.25, 0.3) is 5.56 Å². The van der Waals surface area contributed by atoms with Gasteiger partial charge in [-0.2, -0.15) is 26.3 Å². The second-order valence-corrected chi connectivity index (χ2v) is 5.32. The number of H-pyrrole nitrogens is 1. The smallest absolute Gasteiger partial charge is 0.327 e. The predicted molar refractivity (Wildman–Crippen MR) is 72.5 cm³/mol. The molecule has 1 N–H and O–H groups in total. The fraction of sp³-hybridized carbons (Fsp3) is 0.154. The molecule has 0 aliphatic rings. The van der Waals surface area contributed by atoms with Gasteiger partial charge in [0, 0.05) is 17.3 Å². The summed E-state index contributed by atoms with van der Waals surface area (Å²) in [5, 5.41) is -2.02. The molecule has 1 heterocycles. The van der Waals surface area contributed by atoms with Crippen LogP contribution in [0.4, 0.5) is 30.7 Å². The second kappa shape index (κ2) is 5.96. The summed E-state index contributed by atoms with van der Waals surface area (Å²) < 4.78 is 91.1. The van der Waals surface area contributed by atoms with E-state index in [9.17, 15) is 35.5 Å². The van der Waals surface area contributed by atoms with Crippen LogP contribution in [-0.2, 0) is 12.4 Å². The van der Waals surface area contributed by atoms with Gasteiger partial charge >= 0.3 is 12.4 Å². The zero-order valence-electron chi connectivity index (χ0n) is 11.0. The maximum absolute atomic E-state index is 14.1. The fourth-order valence-corrected chi connectivity index (χ4v) is 2.50. The molecule has 11 heteroatoms. The van der Waals surface area contributed by atoms with Crippen LogP contribution in [0.1, 0.15) is 11.1 Å². The minimum atomic E-state index is -5.07. The monoisotopic (exact) mass is 393 g/mol. The molecule has 0 aliphatic carbocycles. The number of aromatic nitrogens is 1. The maximum atomic E-state index is 14.1. The molecule has 0 bridgehead atoms. The van der Waals surface area contributed by atoms with Crippen LogP contribution in [0.3, 0.4) is 0 Å². The summed E-state index contributed by atoms with van der Waals surface area (Å²) >= 11 is 11.1. The van der Waals surface area contributed by atoms with Gasteiger partial charge < -0.3 is 4.98 Å². The lowest BCUT2D eigenvalue weighted by molar-refractivity contribution is -0.138. The first kappa shape index (κ1) is 18.6. The van der Waals surface area contributed by atoms with E-state index in [4.69, 9.17) is 23.2 Å². The van der Waals surface area contributed by atoms with Gasteiger partial charge in [-0.25, -0.2) is 4.39 Å². The van der Waals surface area contributed by atoms with Gasteiger partial charge in [-0.3, -0.25) is 4.79 Å². The van der Waals surface area contributed by atoms with Crippen LogP contribution in [0.25, 0.3) is 11.1 Å². The first-order valence-corrected chi connectivity index (χ1v) is 6.64. The number of nitrogens with one attached hydrogen (secondary N) is 1. The highest BCUT2D eigenvalue weighted by Crippen LogP contribution is 2.44. The highest BCUT2D eigenvalue weighted by Gasteiger charge is 2.38. The number of pyridine rings is 1. The van der Waals surface area contributed by atoms with Crippen LogP contribution in [-0.4, -0.2) is 4.98 Å². The van der Waals surface area contributed by atoms with E-state index in [1.807, 2.05) is 0 Å². The lowest BCUT2D eigenvalue weighted by Gasteiger charge is -2.17. The van der Waals surface area contributed by atoms with E-state index in [1.165, 1.54) is 0 Å². The van der Waals surface area contributed by atoms with E-state index in [2.05, 4.69) is 0 Å². The van der Waals surface area contributed by atoms with Crippen molar-refractivity contribution in [2.45, 2.75) is 12.4 Å².